The molecule has 0 spiro atoms. The molecule has 0 aromatic heterocycles. The van der Waals surface area contributed by atoms with Gasteiger partial charge in [-0.05, 0) is 6.07 Å². The average Bonchev–Trinajstić information content (AvgIpc) is 2.47. The zero-order valence-electron chi connectivity index (χ0n) is 12.3. The van der Waals surface area contributed by atoms with Crippen LogP contribution in [0.2, 0.25) is 0 Å². The Hall–Kier alpha value is -1.74. The number of hydrogen-bond acceptors (Lipinski definition) is 8. The van der Waals surface area contributed by atoms with Gasteiger partial charge in [0.1, 0.15) is 0 Å². The maximum atomic E-state index is 9.00. The summed E-state index contributed by atoms with van der Waals surface area (Å²) >= 11 is 0. The minimum absolute atomic E-state index is 0.0419. The smallest absolute Gasteiger partial charge is 0.151 e. The Labute approximate surface area is 124 Å². The number of aliphatic hydroxyl groups is 2. The predicted octanol–water partition coefficient (Wildman–Crippen LogP) is -0.969. The number of aliphatic hydroxyl groups excluding tert-OH is 2. The first-order chi connectivity index (χ1) is 10.1. The Morgan fingerprint density at radius 3 is 1.76 bits per heavy atom. The zero-order valence-corrected chi connectivity index (χ0v) is 12.3. The maximum Gasteiger partial charge on any atom is 0.151 e. The number of anilines is 2. The first-order valence-electron chi connectivity index (χ1n) is 6.59. The fourth-order valence-corrected chi connectivity index (χ4v) is 2.12. The highest BCUT2D eigenvalue weighted by atomic mass is 16.5. The Kier molecular flexibility index (Phi) is 7.03. The standard InChI is InChI=1S/C13H24N4O4/c1-20-11-8(14)7-9(15)12(21-2)10(11)13(16-3-5-18)17-4-6-19/h7,13,16-19H,3-6,14-15H2,1-2H3. The number of hydrogen-bond donors (Lipinski definition) is 6. The molecule has 0 aliphatic heterocycles. The van der Waals surface area contributed by atoms with Crippen molar-refractivity contribution in [3.05, 3.63) is 11.6 Å². The second-order valence-corrected chi connectivity index (χ2v) is 4.32. The van der Waals surface area contributed by atoms with E-state index in [4.69, 9.17) is 31.2 Å². The van der Waals surface area contributed by atoms with E-state index in [9.17, 15) is 0 Å². The molecule has 0 radical (unpaired) electrons. The van der Waals surface area contributed by atoms with Gasteiger partial charge in [-0.2, -0.15) is 0 Å². The molecule has 0 aliphatic carbocycles. The van der Waals surface area contributed by atoms with Crippen molar-refractivity contribution < 1.29 is 19.7 Å². The molecule has 0 heterocycles. The number of rotatable bonds is 9. The van der Waals surface area contributed by atoms with Gasteiger partial charge in [0.15, 0.2) is 11.5 Å². The van der Waals surface area contributed by atoms with Crippen LogP contribution in [0.1, 0.15) is 11.7 Å². The first kappa shape index (κ1) is 17.3. The third-order valence-electron chi connectivity index (χ3n) is 2.94. The van der Waals surface area contributed by atoms with Crippen LogP contribution in [0.15, 0.2) is 6.07 Å². The number of benzene rings is 1. The molecule has 1 rings (SSSR count). The molecule has 8 N–H and O–H groups in total. The fourth-order valence-electron chi connectivity index (χ4n) is 2.12. The summed E-state index contributed by atoms with van der Waals surface area (Å²) in [6, 6.07) is 1.57. The van der Waals surface area contributed by atoms with Gasteiger partial charge >= 0.3 is 0 Å². The summed E-state index contributed by atoms with van der Waals surface area (Å²) in [4.78, 5) is 0. The van der Waals surface area contributed by atoms with Gasteiger partial charge in [-0.1, -0.05) is 0 Å². The Bertz CT molecular complexity index is 420. The monoisotopic (exact) mass is 300 g/mol. The topological polar surface area (TPSA) is 135 Å². The van der Waals surface area contributed by atoms with Crippen LogP contribution in [0.25, 0.3) is 0 Å². The Balaban J connectivity index is 3.30. The lowest BCUT2D eigenvalue weighted by atomic mass is 10.1. The van der Waals surface area contributed by atoms with Crippen LogP contribution in [0.3, 0.4) is 0 Å². The normalized spacial score (nSPS) is 10.9. The summed E-state index contributed by atoms with van der Waals surface area (Å²) in [7, 11) is 3.00. The number of nitrogens with one attached hydrogen (secondary N) is 2. The number of nitrogens with two attached hydrogens (primary N) is 2. The second-order valence-electron chi connectivity index (χ2n) is 4.32. The predicted molar refractivity (Wildman–Crippen MR) is 81.3 cm³/mol. The number of nitrogen functional groups attached to an aromatic ring is 2. The molecule has 0 aliphatic rings. The molecule has 8 heteroatoms. The van der Waals surface area contributed by atoms with E-state index in [1.807, 2.05) is 0 Å². The molecule has 21 heavy (non-hydrogen) atoms. The minimum Gasteiger partial charge on any atom is -0.494 e. The van der Waals surface area contributed by atoms with E-state index in [-0.39, 0.29) is 13.2 Å². The highest BCUT2D eigenvalue weighted by molar-refractivity contribution is 5.73. The van der Waals surface area contributed by atoms with Gasteiger partial charge in [0.2, 0.25) is 0 Å². The van der Waals surface area contributed by atoms with Gasteiger partial charge < -0.3 is 31.2 Å². The van der Waals surface area contributed by atoms with Crippen LogP contribution in [-0.4, -0.2) is 50.7 Å². The third kappa shape index (κ3) is 4.11. The third-order valence-corrected chi connectivity index (χ3v) is 2.94. The van der Waals surface area contributed by atoms with Crippen molar-refractivity contribution >= 4 is 11.4 Å². The summed E-state index contributed by atoms with van der Waals surface area (Å²) < 4.78 is 10.7. The largest absolute Gasteiger partial charge is 0.494 e. The minimum atomic E-state index is -0.444. The molecule has 120 valence electrons. The molecule has 0 atom stereocenters. The lowest BCUT2D eigenvalue weighted by Crippen LogP contribution is -2.37. The molecular formula is C13H24N4O4. The summed E-state index contributed by atoms with van der Waals surface area (Å²) in [5, 5.41) is 24.2. The van der Waals surface area contributed by atoms with E-state index in [2.05, 4.69) is 10.6 Å². The fraction of sp³-hybridized carbons (Fsp3) is 0.538. The SMILES string of the molecule is COc1c(N)cc(N)c(OC)c1C(NCCO)NCCO. The molecular weight excluding hydrogens is 276 g/mol. The summed E-state index contributed by atoms with van der Waals surface area (Å²) in [6.07, 6.45) is -0.444. The lowest BCUT2D eigenvalue weighted by molar-refractivity contribution is 0.255. The number of ether oxygens (including phenoxy) is 2. The second kappa shape index (κ2) is 8.53. The van der Waals surface area contributed by atoms with Gasteiger partial charge in [-0.25, -0.2) is 0 Å². The lowest BCUT2D eigenvalue weighted by Gasteiger charge is -2.25. The molecule has 1 aromatic carbocycles. The van der Waals surface area contributed by atoms with E-state index >= 15 is 0 Å². The van der Waals surface area contributed by atoms with Crippen LogP contribution < -0.4 is 31.6 Å². The molecule has 0 saturated heterocycles. The van der Waals surface area contributed by atoms with Crippen LogP contribution in [0.4, 0.5) is 11.4 Å². The highest BCUT2D eigenvalue weighted by Crippen LogP contribution is 2.41. The Morgan fingerprint density at radius 2 is 1.43 bits per heavy atom. The van der Waals surface area contributed by atoms with Crippen molar-refractivity contribution in [2.24, 2.45) is 0 Å². The molecule has 1 aromatic rings. The van der Waals surface area contributed by atoms with Crippen molar-refractivity contribution in [2.75, 3.05) is 52.0 Å². The van der Waals surface area contributed by atoms with Gasteiger partial charge in [0, 0.05) is 13.1 Å². The van der Waals surface area contributed by atoms with E-state index in [0.29, 0.717) is 41.5 Å². The van der Waals surface area contributed by atoms with Crippen LogP contribution >= 0.6 is 0 Å². The Morgan fingerprint density at radius 1 is 1.00 bits per heavy atom. The average molecular weight is 300 g/mol. The zero-order chi connectivity index (χ0) is 15.8. The molecule has 0 saturated carbocycles. The number of methoxy groups -OCH3 is 2. The van der Waals surface area contributed by atoms with Crippen LogP contribution in [0, 0.1) is 0 Å². The van der Waals surface area contributed by atoms with Crippen molar-refractivity contribution in [3.8, 4) is 11.5 Å². The molecule has 0 unspecified atom stereocenters. The van der Waals surface area contributed by atoms with Crippen molar-refractivity contribution in [3.63, 3.8) is 0 Å². The quantitative estimate of drug-likeness (QED) is 0.253. The first-order valence-corrected chi connectivity index (χ1v) is 6.59. The van der Waals surface area contributed by atoms with Crippen molar-refractivity contribution in [1.29, 1.82) is 0 Å². The maximum absolute atomic E-state index is 9.00. The summed E-state index contributed by atoms with van der Waals surface area (Å²) in [5.41, 5.74) is 13.2. The summed E-state index contributed by atoms with van der Waals surface area (Å²) in [6.45, 7) is 0.591. The van der Waals surface area contributed by atoms with Gasteiger partial charge in [-0.3, -0.25) is 10.6 Å². The van der Waals surface area contributed by atoms with E-state index in [1.54, 1.807) is 6.07 Å². The van der Waals surface area contributed by atoms with Gasteiger partial charge in [-0.15, -0.1) is 0 Å². The van der Waals surface area contributed by atoms with E-state index < -0.39 is 6.17 Å². The van der Waals surface area contributed by atoms with Crippen LogP contribution in [0.5, 0.6) is 11.5 Å². The molecule has 0 fully saturated rings. The molecule has 0 amide bonds. The van der Waals surface area contributed by atoms with E-state index in [1.165, 1.54) is 14.2 Å². The highest BCUT2D eigenvalue weighted by Gasteiger charge is 2.24. The molecule has 0 bridgehead atoms. The van der Waals surface area contributed by atoms with Crippen LogP contribution in [-0.2, 0) is 0 Å². The van der Waals surface area contributed by atoms with Gasteiger partial charge in [0.05, 0.1) is 50.5 Å². The van der Waals surface area contributed by atoms with Crippen molar-refractivity contribution in [1.82, 2.24) is 10.6 Å². The summed E-state index contributed by atoms with van der Waals surface area (Å²) in [5.74, 6) is 0.865. The van der Waals surface area contributed by atoms with Gasteiger partial charge in [0.25, 0.3) is 0 Å². The van der Waals surface area contributed by atoms with E-state index in [0.717, 1.165) is 0 Å². The van der Waals surface area contributed by atoms with Crippen molar-refractivity contribution in [2.45, 2.75) is 6.17 Å². The molecule has 8 nitrogen and oxygen atoms in total.